The van der Waals surface area contributed by atoms with E-state index < -0.39 is 11.2 Å². The molecule has 1 atom stereocenters. The van der Waals surface area contributed by atoms with Gasteiger partial charge in [-0.3, -0.25) is 9.59 Å². The maximum atomic E-state index is 13.1. The fourth-order valence-corrected chi connectivity index (χ4v) is 4.68. The summed E-state index contributed by atoms with van der Waals surface area (Å²) in [6.07, 6.45) is 0. The molecule has 2 amide bonds. The predicted octanol–water partition coefficient (Wildman–Crippen LogP) is 4.03. The second-order valence-corrected chi connectivity index (χ2v) is 8.47. The van der Waals surface area contributed by atoms with Gasteiger partial charge in [-0.15, -0.1) is 0 Å². The normalized spacial score (nSPS) is 15.3. The van der Waals surface area contributed by atoms with Gasteiger partial charge in [-0.05, 0) is 48.0 Å². The van der Waals surface area contributed by atoms with Crippen molar-refractivity contribution >= 4 is 40.3 Å². The second kappa shape index (κ2) is 7.91. The van der Waals surface area contributed by atoms with Crippen molar-refractivity contribution in [3.05, 3.63) is 88.4 Å². The molecule has 3 aromatic rings. The summed E-state index contributed by atoms with van der Waals surface area (Å²) in [5, 5.41) is 3.48. The van der Waals surface area contributed by atoms with E-state index in [2.05, 4.69) is 5.32 Å². The zero-order valence-corrected chi connectivity index (χ0v) is 17.1. The van der Waals surface area contributed by atoms with Crippen LogP contribution in [-0.4, -0.2) is 23.4 Å². The molecule has 1 N–H and O–H groups in total. The van der Waals surface area contributed by atoms with Gasteiger partial charge in [-0.2, -0.15) is 0 Å². The summed E-state index contributed by atoms with van der Waals surface area (Å²) in [5.74, 6) is -0.539. The van der Waals surface area contributed by atoms with Crippen LogP contribution in [-0.2, 0) is 17.7 Å². The Balaban J connectivity index is 1.62. The van der Waals surface area contributed by atoms with Gasteiger partial charge in [0.05, 0.1) is 5.56 Å². The van der Waals surface area contributed by atoms with E-state index in [1.54, 1.807) is 61.6 Å². The molecule has 4 rings (SSSR count). The van der Waals surface area contributed by atoms with E-state index in [0.29, 0.717) is 38.2 Å². The van der Waals surface area contributed by atoms with Gasteiger partial charge in [-0.1, -0.05) is 35.9 Å². The number of benzene rings is 3. The summed E-state index contributed by atoms with van der Waals surface area (Å²) in [4.78, 5) is 27.9. The lowest BCUT2D eigenvalue weighted by molar-refractivity contribution is 0.0948. The van der Waals surface area contributed by atoms with Crippen molar-refractivity contribution in [3.63, 3.8) is 0 Å². The number of carbonyl (C=O) groups excluding carboxylic acids is 2. The maximum absolute atomic E-state index is 13.1. The van der Waals surface area contributed by atoms with Crippen LogP contribution in [0.15, 0.2) is 76.5 Å². The summed E-state index contributed by atoms with van der Waals surface area (Å²) in [7, 11) is 1.62. The molecule has 0 fully saturated rings. The minimum absolute atomic E-state index is 0.258. The first-order valence-corrected chi connectivity index (χ1v) is 10.4. The lowest BCUT2D eigenvalue weighted by Gasteiger charge is -2.17. The number of anilines is 1. The van der Waals surface area contributed by atoms with Crippen LogP contribution in [0.4, 0.5) is 5.69 Å². The molecular formula is C22H17ClN2O3S. The number of hydrogen-bond acceptors (Lipinski definition) is 3. The molecule has 0 unspecified atom stereocenters. The van der Waals surface area contributed by atoms with Crippen molar-refractivity contribution in [2.45, 2.75) is 16.3 Å². The van der Waals surface area contributed by atoms with Gasteiger partial charge in [0, 0.05) is 35.4 Å². The molecule has 0 bridgehead atoms. The summed E-state index contributed by atoms with van der Waals surface area (Å²) < 4.78 is 13.1. The number of rotatable bonds is 3. The highest BCUT2D eigenvalue weighted by Crippen LogP contribution is 2.36. The van der Waals surface area contributed by atoms with Crippen LogP contribution in [0.1, 0.15) is 26.3 Å². The van der Waals surface area contributed by atoms with Gasteiger partial charge >= 0.3 is 0 Å². The molecule has 3 aromatic carbocycles. The number of halogens is 1. The molecule has 29 heavy (non-hydrogen) atoms. The summed E-state index contributed by atoms with van der Waals surface area (Å²) in [6.45, 7) is 0.346. The van der Waals surface area contributed by atoms with Crippen LogP contribution < -0.4 is 10.2 Å². The Morgan fingerprint density at radius 2 is 1.79 bits per heavy atom. The van der Waals surface area contributed by atoms with Crippen LogP contribution in [0.2, 0.25) is 5.02 Å². The van der Waals surface area contributed by atoms with Crippen LogP contribution in [0.25, 0.3) is 0 Å². The molecule has 0 aromatic heterocycles. The molecule has 0 spiro atoms. The Kier molecular flexibility index (Phi) is 5.32. The molecule has 1 heterocycles. The molecule has 1 aliphatic rings. The van der Waals surface area contributed by atoms with Crippen LogP contribution in [0.3, 0.4) is 0 Å². The van der Waals surface area contributed by atoms with E-state index in [1.807, 2.05) is 12.1 Å². The van der Waals surface area contributed by atoms with Crippen molar-refractivity contribution in [2.75, 3.05) is 11.9 Å². The third-order valence-electron chi connectivity index (χ3n) is 4.77. The van der Waals surface area contributed by atoms with Crippen molar-refractivity contribution in [1.29, 1.82) is 0 Å². The van der Waals surface area contributed by atoms with E-state index in [1.165, 1.54) is 4.90 Å². The average Bonchev–Trinajstić information content (AvgIpc) is 2.83. The van der Waals surface area contributed by atoms with E-state index in [-0.39, 0.29) is 11.8 Å². The maximum Gasteiger partial charge on any atom is 0.263 e. The Hall–Kier alpha value is -2.80. The number of fused-ring (bicyclic) bond motifs is 2. The Morgan fingerprint density at radius 3 is 2.55 bits per heavy atom. The largest absolute Gasteiger partial charge is 0.606 e. The van der Waals surface area contributed by atoms with Crippen LogP contribution in [0, 0.1) is 0 Å². The van der Waals surface area contributed by atoms with E-state index in [9.17, 15) is 14.1 Å². The van der Waals surface area contributed by atoms with Crippen molar-refractivity contribution < 1.29 is 14.1 Å². The minimum atomic E-state index is -1.51. The zero-order chi connectivity index (χ0) is 20.5. The van der Waals surface area contributed by atoms with Gasteiger partial charge in [0.2, 0.25) is 0 Å². The predicted molar refractivity (Wildman–Crippen MR) is 113 cm³/mol. The number of amides is 2. The van der Waals surface area contributed by atoms with Gasteiger partial charge in [0.25, 0.3) is 11.8 Å². The molecule has 0 radical (unpaired) electrons. The first-order chi connectivity index (χ1) is 14.0. The SMILES string of the molecule is CN1C(=O)c2ccccc2[S@@+]([O-])c2ccc(C(=O)NCc3ccc(Cl)cc3)cc21. The number of carbonyl (C=O) groups is 2. The third kappa shape index (κ3) is 3.74. The number of nitrogens with one attached hydrogen (secondary N) is 1. The smallest absolute Gasteiger partial charge is 0.263 e. The molecule has 146 valence electrons. The van der Waals surface area contributed by atoms with Crippen molar-refractivity contribution in [2.24, 2.45) is 0 Å². The molecule has 0 saturated carbocycles. The van der Waals surface area contributed by atoms with Crippen LogP contribution >= 0.6 is 11.6 Å². The van der Waals surface area contributed by atoms with E-state index in [4.69, 9.17) is 11.6 Å². The molecule has 7 heteroatoms. The zero-order valence-electron chi connectivity index (χ0n) is 15.5. The van der Waals surface area contributed by atoms with Gasteiger partial charge in [-0.25, -0.2) is 0 Å². The standard InChI is InChI=1S/C22H17ClN2O3S/c1-25-18-12-15(21(26)24-13-14-6-9-16(23)10-7-14)8-11-20(18)29(28)19-5-3-2-4-17(19)22(25)27/h2-12H,13H2,1H3,(H,24,26)/t29-/m1/s1. The molecule has 1 aliphatic heterocycles. The molecular weight excluding hydrogens is 408 g/mol. The van der Waals surface area contributed by atoms with Crippen molar-refractivity contribution in [3.8, 4) is 0 Å². The first kappa shape index (κ1) is 19.5. The molecule has 0 saturated heterocycles. The van der Waals surface area contributed by atoms with Gasteiger partial charge < -0.3 is 14.8 Å². The highest BCUT2D eigenvalue weighted by atomic mass is 35.5. The van der Waals surface area contributed by atoms with E-state index >= 15 is 0 Å². The quantitative estimate of drug-likeness (QED) is 0.645. The van der Waals surface area contributed by atoms with Crippen molar-refractivity contribution in [1.82, 2.24) is 5.32 Å². The van der Waals surface area contributed by atoms with Gasteiger partial charge in [0.15, 0.2) is 9.79 Å². The van der Waals surface area contributed by atoms with Crippen LogP contribution in [0.5, 0.6) is 0 Å². The monoisotopic (exact) mass is 424 g/mol. The molecule has 0 aliphatic carbocycles. The third-order valence-corrected chi connectivity index (χ3v) is 6.52. The number of nitrogens with zero attached hydrogens (tertiary/aromatic N) is 1. The van der Waals surface area contributed by atoms with E-state index in [0.717, 1.165) is 5.56 Å². The fourth-order valence-electron chi connectivity index (χ4n) is 3.18. The minimum Gasteiger partial charge on any atom is -0.606 e. The Labute approximate surface area is 176 Å². The lowest BCUT2D eigenvalue weighted by Crippen LogP contribution is -2.27. The first-order valence-electron chi connectivity index (χ1n) is 8.91. The Bertz CT molecular complexity index is 1100. The van der Waals surface area contributed by atoms with Gasteiger partial charge in [0.1, 0.15) is 5.69 Å². The Morgan fingerprint density at radius 1 is 1.07 bits per heavy atom. The highest BCUT2D eigenvalue weighted by Gasteiger charge is 2.34. The highest BCUT2D eigenvalue weighted by molar-refractivity contribution is 7.91. The summed E-state index contributed by atoms with van der Waals surface area (Å²) >= 11 is 4.36. The number of hydrogen-bond donors (Lipinski definition) is 1. The summed E-state index contributed by atoms with van der Waals surface area (Å²) in [6, 6.07) is 18.9. The second-order valence-electron chi connectivity index (χ2n) is 6.62. The topological polar surface area (TPSA) is 72.5 Å². The lowest BCUT2D eigenvalue weighted by atomic mass is 10.1. The molecule has 5 nitrogen and oxygen atoms in total. The fraction of sp³-hybridized carbons (Fsp3) is 0.0909. The summed E-state index contributed by atoms with van der Waals surface area (Å²) in [5.41, 5.74) is 2.17. The average molecular weight is 425 g/mol.